The second-order valence-corrected chi connectivity index (χ2v) is 6.34. The lowest BCUT2D eigenvalue weighted by molar-refractivity contribution is 0.0904. The Morgan fingerprint density at radius 3 is 2.95 bits per heavy atom. The molecule has 0 aliphatic heterocycles. The SMILES string of the molecule is CC(C)(NC(=O)c1csc(C#CCCO)c1)C1CC1. The predicted octanol–water partition coefficient (Wildman–Crippen LogP) is 2.40. The minimum absolute atomic E-state index is 0.0247. The summed E-state index contributed by atoms with van der Waals surface area (Å²) in [6.07, 6.45) is 2.87. The summed E-state index contributed by atoms with van der Waals surface area (Å²) in [6.45, 7) is 4.23. The van der Waals surface area contributed by atoms with E-state index in [4.69, 9.17) is 5.11 Å². The molecule has 0 aromatic carbocycles. The monoisotopic (exact) mass is 277 g/mol. The van der Waals surface area contributed by atoms with E-state index in [1.807, 2.05) is 11.4 Å². The third-order valence-electron chi connectivity index (χ3n) is 3.34. The lowest BCUT2D eigenvalue weighted by Crippen LogP contribution is -2.45. The second kappa shape index (κ2) is 5.77. The molecular weight excluding hydrogens is 258 g/mol. The van der Waals surface area contributed by atoms with Crippen molar-refractivity contribution in [3.63, 3.8) is 0 Å². The predicted molar refractivity (Wildman–Crippen MR) is 77.2 cm³/mol. The molecule has 1 aliphatic rings. The molecule has 1 aromatic rings. The molecule has 0 radical (unpaired) electrons. The zero-order valence-electron chi connectivity index (χ0n) is 11.3. The molecule has 0 atom stereocenters. The first kappa shape index (κ1) is 14.1. The molecule has 1 saturated carbocycles. The first-order valence-corrected chi connectivity index (χ1v) is 7.41. The van der Waals surface area contributed by atoms with E-state index in [2.05, 4.69) is 31.0 Å². The first-order chi connectivity index (χ1) is 9.03. The number of amides is 1. The van der Waals surface area contributed by atoms with E-state index < -0.39 is 0 Å². The van der Waals surface area contributed by atoms with Crippen LogP contribution in [-0.2, 0) is 0 Å². The summed E-state index contributed by atoms with van der Waals surface area (Å²) in [5.74, 6) is 6.39. The fourth-order valence-corrected chi connectivity index (χ4v) is 2.75. The standard InChI is InChI=1S/C15H19NO2S/c1-15(2,12-6-7-12)16-14(18)11-9-13(19-10-11)5-3-4-8-17/h9-10,12,17H,4,6-8H2,1-2H3,(H,16,18). The number of rotatable bonds is 4. The molecule has 4 heteroatoms. The van der Waals surface area contributed by atoms with Gasteiger partial charge in [0, 0.05) is 17.3 Å². The minimum atomic E-state index is -0.123. The molecule has 0 saturated heterocycles. The number of hydrogen-bond donors (Lipinski definition) is 2. The fraction of sp³-hybridized carbons (Fsp3) is 0.533. The summed E-state index contributed by atoms with van der Waals surface area (Å²) >= 11 is 1.46. The summed E-state index contributed by atoms with van der Waals surface area (Å²) in [5, 5.41) is 13.6. The Kier molecular flexibility index (Phi) is 4.28. The van der Waals surface area contributed by atoms with E-state index in [1.165, 1.54) is 24.2 Å². The highest BCUT2D eigenvalue weighted by atomic mass is 32.1. The van der Waals surface area contributed by atoms with E-state index >= 15 is 0 Å². The third-order valence-corrected chi connectivity index (χ3v) is 4.19. The van der Waals surface area contributed by atoms with Crippen LogP contribution in [-0.4, -0.2) is 23.2 Å². The molecule has 0 unspecified atom stereocenters. The highest BCUT2D eigenvalue weighted by molar-refractivity contribution is 7.10. The van der Waals surface area contributed by atoms with Crippen LogP contribution in [0.25, 0.3) is 0 Å². The van der Waals surface area contributed by atoms with Gasteiger partial charge in [0.1, 0.15) is 0 Å². The lowest BCUT2D eigenvalue weighted by atomic mass is 9.98. The Morgan fingerprint density at radius 1 is 1.58 bits per heavy atom. The third kappa shape index (κ3) is 3.82. The topological polar surface area (TPSA) is 49.3 Å². The molecule has 2 rings (SSSR count). The van der Waals surface area contributed by atoms with E-state index in [1.54, 1.807) is 0 Å². The number of carbonyl (C=O) groups excluding carboxylic acids is 1. The van der Waals surface area contributed by atoms with Gasteiger partial charge in [0.15, 0.2) is 0 Å². The fourth-order valence-electron chi connectivity index (χ4n) is 2.00. The van der Waals surface area contributed by atoms with Crippen LogP contribution in [0.3, 0.4) is 0 Å². The Morgan fingerprint density at radius 2 is 2.32 bits per heavy atom. The molecule has 0 spiro atoms. The zero-order valence-corrected chi connectivity index (χ0v) is 12.1. The molecule has 102 valence electrons. The van der Waals surface area contributed by atoms with Crippen LogP contribution in [0.15, 0.2) is 11.4 Å². The molecule has 1 heterocycles. The van der Waals surface area contributed by atoms with Crippen LogP contribution in [0.4, 0.5) is 0 Å². The largest absolute Gasteiger partial charge is 0.395 e. The van der Waals surface area contributed by atoms with Gasteiger partial charge < -0.3 is 10.4 Å². The molecule has 1 aliphatic carbocycles. The Labute approximate surface area is 118 Å². The molecule has 3 nitrogen and oxygen atoms in total. The average molecular weight is 277 g/mol. The molecule has 0 bridgehead atoms. The highest BCUT2D eigenvalue weighted by Gasteiger charge is 2.38. The molecule has 1 fully saturated rings. The van der Waals surface area contributed by atoms with Crippen LogP contribution in [0.5, 0.6) is 0 Å². The van der Waals surface area contributed by atoms with E-state index in [0.29, 0.717) is 17.9 Å². The molecule has 19 heavy (non-hydrogen) atoms. The summed E-state index contributed by atoms with van der Waals surface area (Å²) in [4.78, 5) is 13.0. The molecule has 1 aromatic heterocycles. The first-order valence-electron chi connectivity index (χ1n) is 6.53. The highest BCUT2D eigenvalue weighted by Crippen LogP contribution is 2.39. The number of carbonyl (C=O) groups is 1. The Bertz CT molecular complexity index is 518. The summed E-state index contributed by atoms with van der Waals surface area (Å²) in [7, 11) is 0. The molecule has 2 N–H and O–H groups in total. The van der Waals surface area contributed by atoms with Gasteiger partial charge in [0.2, 0.25) is 0 Å². The number of hydrogen-bond acceptors (Lipinski definition) is 3. The van der Waals surface area contributed by atoms with Gasteiger partial charge in [-0.1, -0.05) is 11.8 Å². The average Bonchev–Trinajstić information content (AvgIpc) is 3.10. The van der Waals surface area contributed by atoms with Crippen LogP contribution in [0.1, 0.15) is 48.3 Å². The lowest BCUT2D eigenvalue weighted by Gasteiger charge is -2.25. The maximum absolute atomic E-state index is 12.1. The second-order valence-electron chi connectivity index (χ2n) is 5.43. The maximum atomic E-state index is 12.1. The van der Waals surface area contributed by atoms with E-state index in [0.717, 1.165) is 4.88 Å². The zero-order chi connectivity index (χ0) is 13.9. The van der Waals surface area contributed by atoms with E-state index in [9.17, 15) is 4.79 Å². The van der Waals surface area contributed by atoms with Gasteiger partial charge in [0.05, 0.1) is 17.0 Å². The summed E-state index contributed by atoms with van der Waals surface area (Å²) in [5.41, 5.74) is 0.550. The van der Waals surface area contributed by atoms with Crippen molar-refractivity contribution in [1.82, 2.24) is 5.32 Å². The number of nitrogens with one attached hydrogen (secondary N) is 1. The van der Waals surface area contributed by atoms with Crippen molar-refractivity contribution in [1.29, 1.82) is 0 Å². The number of aliphatic hydroxyl groups excluding tert-OH is 1. The number of aliphatic hydroxyl groups is 1. The van der Waals surface area contributed by atoms with Gasteiger partial charge in [0.25, 0.3) is 5.91 Å². The Hall–Kier alpha value is -1.31. The maximum Gasteiger partial charge on any atom is 0.252 e. The Balaban J connectivity index is 1.98. The van der Waals surface area contributed by atoms with Gasteiger partial charge in [-0.25, -0.2) is 0 Å². The normalized spacial score (nSPS) is 14.7. The molecule has 1 amide bonds. The summed E-state index contributed by atoms with van der Waals surface area (Å²) < 4.78 is 0. The minimum Gasteiger partial charge on any atom is -0.395 e. The smallest absolute Gasteiger partial charge is 0.252 e. The van der Waals surface area contributed by atoms with Gasteiger partial charge in [-0.3, -0.25) is 4.79 Å². The molecular formula is C15H19NO2S. The van der Waals surface area contributed by atoms with Crippen molar-refractivity contribution in [3.05, 3.63) is 21.9 Å². The van der Waals surface area contributed by atoms with Crippen molar-refractivity contribution >= 4 is 17.2 Å². The summed E-state index contributed by atoms with van der Waals surface area (Å²) in [6, 6.07) is 1.81. The van der Waals surface area contributed by atoms with Gasteiger partial charge in [-0.05, 0) is 38.7 Å². The number of thiophene rings is 1. The van der Waals surface area contributed by atoms with Crippen LogP contribution >= 0.6 is 11.3 Å². The van der Waals surface area contributed by atoms with Crippen molar-refractivity contribution in [2.24, 2.45) is 5.92 Å². The van der Waals surface area contributed by atoms with Gasteiger partial charge in [-0.2, -0.15) is 0 Å². The van der Waals surface area contributed by atoms with Gasteiger partial charge in [-0.15, -0.1) is 11.3 Å². The van der Waals surface area contributed by atoms with Crippen molar-refractivity contribution in [2.45, 2.75) is 38.6 Å². The van der Waals surface area contributed by atoms with Crippen LogP contribution in [0.2, 0.25) is 0 Å². The van der Waals surface area contributed by atoms with E-state index in [-0.39, 0.29) is 18.1 Å². The van der Waals surface area contributed by atoms with Crippen LogP contribution in [0, 0.1) is 17.8 Å². The van der Waals surface area contributed by atoms with Crippen LogP contribution < -0.4 is 5.32 Å². The quantitative estimate of drug-likeness (QED) is 0.830. The van der Waals surface area contributed by atoms with Gasteiger partial charge >= 0.3 is 0 Å². The van der Waals surface area contributed by atoms with Crippen molar-refractivity contribution in [2.75, 3.05) is 6.61 Å². The van der Waals surface area contributed by atoms with Crippen molar-refractivity contribution < 1.29 is 9.90 Å². The van der Waals surface area contributed by atoms with Crippen molar-refractivity contribution in [3.8, 4) is 11.8 Å².